The molecule has 1 fully saturated rings. The zero-order chi connectivity index (χ0) is 18.8. The van der Waals surface area contributed by atoms with E-state index < -0.39 is 17.4 Å². The minimum atomic E-state index is -0.715. The summed E-state index contributed by atoms with van der Waals surface area (Å²) >= 11 is 0. The molecule has 1 aliphatic rings. The molecule has 0 aromatic heterocycles. The van der Waals surface area contributed by atoms with Crippen LogP contribution in [0.25, 0.3) is 0 Å². The average Bonchev–Trinajstić information content (AvgIpc) is 2.79. The third kappa shape index (κ3) is 3.82. The largest absolute Gasteiger partial charge is 0.496 e. The van der Waals surface area contributed by atoms with Crippen LogP contribution in [0, 0.1) is 0 Å². The Hall–Kier alpha value is -1.59. The number of hydrogen-bond donors (Lipinski definition) is 1. The molecule has 1 amide bonds. The van der Waals surface area contributed by atoms with Crippen molar-refractivity contribution >= 4 is 5.91 Å². The zero-order valence-corrected chi connectivity index (χ0v) is 16.3. The molecule has 0 spiro atoms. The van der Waals surface area contributed by atoms with E-state index in [4.69, 9.17) is 9.47 Å². The molecule has 0 saturated carbocycles. The number of rotatable bonds is 6. The molecule has 1 unspecified atom stereocenters. The van der Waals surface area contributed by atoms with E-state index in [1.54, 1.807) is 18.1 Å². The maximum atomic E-state index is 13.5. The molecule has 1 heterocycles. The molecule has 1 N–H and O–H groups in total. The lowest BCUT2D eigenvalue weighted by Crippen LogP contribution is -2.53. The Morgan fingerprint density at radius 2 is 2.04 bits per heavy atom. The highest BCUT2D eigenvalue weighted by atomic mass is 16.5. The van der Waals surface area contributed by atoms with Crippen LogP contribution in [-0.2, 0) is 4.74 Å². The quantitative estimate of drug-likeness (QED) is 0.846. The van der Waals surface area contributed by atoms with Crippen LogP contribution in [0.3, 0.4) is 0 Å². The van der Waals surface area contributed by atoms with Gasteiger partial charge < -0.3 is 19.5 Å². The van der Waals surface area contributed by atoms with E-state index in [1.165, 1.54) is 0 Å². The van der Waals surface area contributed by atoms with Crippen LogP contribution in [0.15, 0.2) is 18.2 Å². The summed E-state index contributed by atoms with van der Waals surface area (Å²) in [5.74, 6) is 0.312. The summed E-state index contributed by atoms with van der Waals surface area (Å²) in [6.07, 6.45) is 1.82. The van der Waals surface area contributed by atoms with Gasteiger partial charge >= 0.3 is 0 Å². The Bertz CT molecular complexity index is 608. The number of carbonyl (C=O) groups is 1. The molecule has 2 rings (SSSR count). The van der Waals surface area contributed by atoms with E-state index in [1.807, 2.05) is 39.8 Å². The highest BCUT2D eigenvalue weighted by Crippen LogP contribution is 2.39. The molecule has 1 aliphatic heterocycles. The normalized spacial score (nSPS) is 19.7. The van der Waals surface area contributed by atoms with E-state index in [9.17, 15) is 9.90 Å². The fraction of sp³-hybridized carbons (Fsp3) is 0.650. The number of unbranched alkanes of at least 4 members (excludes halogenated alkanes) is 1. The highest BCUT2D eigenvalue weighted by Gasteiger charge is 2.49. The van der Waals surface area contributed by atoms with E-state index in [2.05, 4.69) is 6.92 Å². The zero-order valence-electron chi connectivity index (χ0n) is 16.3. The van der Waals surface area contributed by atoms with Crippen molar-refractivity contribution in [1.82, 2.24) is 4.90 Å². The van der Waals surface area contributed by atoms with Crippen molar-refractivity contribution in [3.8, 4) is 5.75 Å². The summed E-state index contributed by atoms with van der Waals surface area (Å²) in [5, 5.41) is 10.6. The van der Waals surface area contributed by atoms with Crippen LogP contribution in [0.1, 0.15) is 75.9 Å². The molecule has 1 saturated heterocycles. The van der Waals surface area contributed by atoms with Crippen LogP contribution in [0.4, 0.5) is 0 Å². The molecule has 5 heteroatoms. The first kappa shape index (κ1) is 19.7. The topological polar surface area (TPSA) is 59.0 Å². The van der Waals surface area contributed by atoms with Crippen molar-refractivity contribution in [2.75, 3.05) is 13.7 Å². The van der Waals surface area contributed by atoms with Gasteiger partial charge in [0.2, 0.25) is 0 Å². The standard InChI is InChI=1S/C20H31NO4/c1-7-8-11-15(22)14-10-9-12-16(24-6)17(14)18(23)21-19(2,3)13-25-20(21,4)5/h9-10,12,15,22H,7-8,11,13H2,1-6H3. The maximum Gasteiger partial charge on any atom is 0.260 e. The summed E-state index contributed by atoms with van der Waals surface area (Å²) in [4.78, 5) is 15.3. The predicted molar refractivity (Wildman–Crippen MR) is 97.8 cm³/mol. The van der Waals surface area contributed by atoms with Gasteiger partial charge in [-0.1, -0.05) is 31.9 Å². The van der Waals surface area contributed by atoms with Gasteiger partial charge in [0.05, 0.1) is 30.9 Å². The lowest BCUT2D eigenvalue weighted by atomic mass is 9.94. The Balaban J connectivity index is 2.51. The van der Waals surface area contributed by atoms with Gasteiger partial charge in [0.15, 0.2) is 0 Å². The molecule has 0 radical (unpaired) electrons. The van der Waals surface area contributed by atoms with Gasteiger partial charge in [-0.2, -0.15) is 0 Å². The second-order valence-corrected chi connectivity index (χ2v) is 7.77. The molecule has 1 atom stereocenters. The summed E-state index contributed by atoms with van der Waals surface area (Å²) in [6.45, 7) is 10.3. The first-order valence-electron chi connectivity index (χ1n) is 8.99. The number of ether oxygens (including phenoxy) is 2. The SMILES string of the molecule is CCCCC(O)c1cccc(OC)c1C(=O)N1C(C)(C)COC1(C)C. The van der Waals surface area contributed by atoms with Gasteiger partial charge in [-0.3, -0.25) is 4.79 Å². The number of carbonyl (C=O) groups excluding carboxylic acids is 1. The van der Waals surface area contributed by atoms with Crippen LogP contribution >= 0.6 is 0 Å². The van der Waals surface area contributed by atoms with E-state index >= 15 is 0 Å². The molecular formula is C20H31NO4. The lowest BCUT2D eigenvalue weighted by Gasteiger charge is -2.38. The maximum absolute atomic E-state index is 13.5. The highest BCUT2D eigenvalue weighted by molar-refractivity contribution is 5.99. The Morgan fingerprint density at radius 1 is 1.36 bits per heavy atom. The van der Waals surface area contributed by atoms with Gasteiger partial charge in [-0.25, -0.2) is 0 Å². The molecule has 25 heavy (non-hydrogen) atoms. The Labute approximate surface area is 150 Å². The summed E-state index contributed by atoms with van der Waals surface area (Å²) in [5.41, 5.74) is -0.100. The van der Waals surface area contributed by atoms with Crippen molar-refractivity contribution < 1.29 is 19.4 Å². The number of aliphatic hydroxyl groups is 1. The summed E-state index contributed by atoms with van der Waals surface area (Å²) in [6, 6.07) is 5.39. The summed E-state index contributed by atoms with van der Waals surface area (Å²) < 4.78 is 11.3. The van der Waals surface area contributed by atoms with E-state index in [-0.39, 0.29) is 5.91 Å². The number of amides is 1. The van der Waals surface area contributed by atoms with Crippen molar-refractivity contribution in [3.63, 3.8) is 0 Å². The van der Waals surface area contributed by atoms with Crippen LogP contribution in [-0.4, -0.2) is 40.9 Å². The molecule has 5 nitrogen and oxygen atoms in total. The predicted octanol–water partition coefficient (Wildman–Crippen LogP) is 3.91. The van der Waals surface area contributed by atoms with Crippen molar-refractivity contribution in [3.05, 3.63) is 29.3 Å². The second kappa shape index (κ2) is 7.34. The van der Waals surface area contributed by atoms with Crippen LogP contribution in [0.5, 0.6) is 5.75 Å². The van der Waals surface area contributed by atoms with E-state index in [0.29, 0.717) is 29.9 Å². The number of benzene rings is 1. The van der Waals surface area contributed by atoms with Gasteiger partial charge in [0.1, 0.15) is 11.5 Å². The third-order valence-corrected chi connectivity index (χ3v) is 4.81. The lowest BCUT2D eigenvalue weighted by molar-refractivity contribution is -0.0434. The Kier molecular flexibility index (Phi) is 5.79. The first-order valence-corrected chi connectivity index (χ1v) is 8.99. The second-order valence-electron chi connectivity index (χ2n) is 7.77. The smallest absolute Gasteiger partial charge is 0.260 e. The molecular weight excluding hydrogens is 318 g/mol. The van der Waals surface area contributed by atoms with Gasteiger partial charge in [0.25, 0.3) is 5.91 Å². The number of aliphatic hydroxyl groups excluding tert-OH is 1. The van der Waals surface area contributed by atoms with Gasteiger partial charge in [0, 0.05) is 0 Å². The van der Waals surface area contributed by atoms with Crippen molar-refractivity contribution in [2.45, 2.75) is 71.2 Å². The molecule has 140 valence electrons. The minimum absolute atomic E-state index is 0.171. The molecule has 1 aromatic carbocycles. The van der Waals surface area contributed by atoms with Crippen LogP contribution < -0.4 is 4.74 Å². The molecule has 0 aliphatic carbocycles. The fourth-order valence-corrected chi connectivity index (χ4v) is 3.62. The van der Waals surface area contributed by atoms with E-state index in [0.717, 1.165) is 12.8 Å². The monoisotopic (exact) mass is 349 g/mol. The fourth-order valence-electron chi connectivity index (χ4n) is 3.62. The third-order valence-electron chi connectivity index (χ3n) is 4.81. The number of hydrogen-bond acceptors (Lipinski definition) is 4. The number of nitrogens with zero attached hydrogens (tertiary/aromatic N) is 1. The van der Waals surface area contributed by atoms with Crippen molar-refractivity contribution in [1.29, 1.82) is 0 Å². The molecule has 0 bridgehead atoms. The Morgan fingerprint density at radius 3 is 2.56 bits per heavy atom. The molecule has 1 aromatic rings. The van der Waals surface area contributed by atoms with Gasteiger partial charge in [-0.15, -0.1) is 0 Å². The number of methoxy groups -OCH3 is 1. The summed E-state index contributed by atoms with van der Waals surface area (Å²) in [7, 11) is 1.55. The van der Waals surface area contributed by atoms with Crippen molar-refractivity contribution in [2.24, 2.45) is 0 Å². The average molecular weight is 349 g/mol. The minimum Gasteiger partial charge on any atom is -0.496 e. The van der Waals surface area contributed by atoms with Crippen LogP contribution in [0.2, 0.25) is 0 Å². The first-order chi connectivity index (χ1) is 11.7. The van der Waals surface area contributed by atoms with Gasteiger partial charge in [-0.05, 0) is 45.7 Å².